The number of anilines is 2. The summed E-state index contributed by atoms with van der Waals surface area (Å²) < 4.78 is 4.82. The maximum absolute atomic E-state index is 13.0. The van der Waals surface area contributed by atoms with Crippen molar-refractivity contribution in [3.05, 3.63) is 81.9 Å². The number of aliphatic hydroxyl groups excluding tert-OH is 1. The van der Waals surface area contributed by atoms with Gasteiger partial charge in [-0.1, -0.05) is 47.8 Å². The SMILES string of the molecule is COC(=O)c1cc(NC(=O)c2cc(CO)nc(CBr)c2)cc(NC(=O)c2cc(CBr)nc(CBr)c2)c1. The molecule has 0 bridgehead atoms. The van der Waals surface area contributed by atoms with Crippen LogP contribution in [0.15, 0.2) is 42.5 Å². The lowest BCUT2D eigenvalue weighted by Gasteiger charge is -2.13. The van der Waals surface area contributed by atoms with E-state index in [-0.39, 0.29) is 29.1 Å². The van der Waals surface area contributed by atoms with Crippen LogP contribution in [0, 0.1) is 0 Å². The van der Waals surface area contributed by atoms with Crippen LogP contribution in [-0.2, 0) is 27.3 Å². The highest BCUT2D eigenvalue weighted by Gasteiger charge is 2.16. The summed E-state index contributed by atoms with van der Waals surface area (Å²) in [6.07, 6.45) is 0. The number of methoxy groups -OCH3 is 1. The first-order chi connectivity index (χ1) is 17.3. The van der Waals surface area contributed by atoms with Gasteiger partial charge in [0.15, 0.2) is 0 Å². The number of carbonyl (C=O) groups is 3. The second-order valence-electron chi connectivity index (χ2n) is 7.43. The first-order valence-electron chi connectivity index (χ1n) is 10.4. The van der Waals surface area contributed by atoms with E-state index in [1.54, 1.807) is 18.2 Å². The Balaban J connectivity index is 1.92. The first kappa shape index (κ1) is 27.9. The molecule has 0 fully saturated rings. The van der Waals surface area contributed by atoms with Gasteiger partial charge >= 0.3 is 5.97 Å². The van der Waals surface area contributed by atoms with Crippen LogP contribution >= 0.6 is 47.8 Å². The van der Waals surface area contributed by atoms with Crippen molar-refractivity contribution in [1.29, 1.82) is 0 Å². The highest BCUT2D eigenvalue weighted by Crippen LogP contribution is 2.23. The number of carbonyl (C=O) groups excluding carboxylic acids is 3. The fraction of sp³-hybridized carbons (Fsp3) is 0.208. The van der Waals surface area contributed by atoms with Gasteiger partial charge in [-0.05, 0) is 42.5 Å². The molecule has 0 aliphatic rings. The number of nitrogens with zero attached hydrogens (tertiary/aromatic N) is 2. The third-order valence-electron chi connectivity index (χ3n) is 4.83. The largest absolute Gasteiger partial charge is 0.465 e. The molecule has 0 atom stereocenters. The molecule has 0 aliphatic heterocycles. The van der Waals surface area contributed by atoms with Gasteiger partial charge in [0.25, 0.3) is 11.8 Å². The zero-order valence-electron chi connectivity index (χ0n) is 19.0. The van der Waals surface area contributed by atoms with Crippen LogP contribution in [0.4, 0.5) is 11.4 Å². The molecule has 3 rings (SSSR count). The highest BCUT2D eigenvalue weighted by molar-refractivity contribution is 9.09. The number of ether oxygens (including phenoxy) is 1. The summed E-state index contributed by atoms with van der Waals surface area (Å²) in [5.74, 6) is -1.53. The van der Waals surface area contributed by atoms with Crippen LogP contribution in [0.1, 0.15) is 53.8 Å². The van der Waals surface area contributed by atoms with E-state index in [0.717, 1.165) is 0 Å². The predicted molar refractivity (Wildman–Crippen MR) is 146 cm³/mol. The smallest absolute Gasteiger partial charge is 0.337 e. The Bertz CT molecular complexity index is 1170. The lowest BCUT2D eigenvalue weighted by atomic mass is 10.1. The van der Waals surface area contributed by atoms with Crippen molar-refractivity contribution in [2.45, 2.75) is 22.6 Å². The van der Waals surface area contributed by atoms with E-state index in [9.17, 15) is 19.5 Å². The van der Waals surface area contributed by atoms with E-state index in [0.29, 0.717) is 44.3 Å². The summed E-state index contributed by atoms with van der Waals surface area (Å²) in [5, 5.41) is 16.3. The molecule has 3 N–H and O–H groups in total. The Morgan fingerprint density at radius 3 is 1.53 bits per heavy atom. The van der Waals surface area contributed by atoms with Crippen LogP contribution in [-0.4, -0.2) is 40.0 Å². The summed E-state index contributed by atoms with van der Waals surface area (Å²) in [6.45, 7) is -0.322. The van der Waals surface area contributed by atoms with Crippen LogP contribution < -0.4 is 10.6 Å². The fourth-order valence-corrected chi connectivity index (χ4v) is 4.12. The molecule has 0 radical (unpaired) electrons. The molecule has 3 aromatic rings. The van der Waals surface area contributed by atoms with E-state index >= 15 is 0 Å². The van der Waals surface area contributed by atoms with E-state index < -0.39 is 17.8 Å². The number of alkyl halides is 3. The number of benzene rings is 1. The Kier molecular flexibility index (Phi) is 10.1. The first-order valence-corrected chi connectivity index (χ1v) is 13.8. The van der Waals surface area contributed by atoms with Crippen LogP contribution in [0.25, 0.3) is 0 Å². The minimum absolute atomic E-state index is 0.134. The van der Waals surface area contributed by atoms with Crippen molar-refractivity contribution >= 4 is 76.9 Å². The monoisotopic (exact) mass is 682 g/mol. The summed E-state index contributed by atoms with van der Waals surface area (Å²) in [7, 11) is 1.24. The molecule has 2 heterocycles. The topological polar surface area (TPSA) is 131 Å². The van der Waals surface area contributed by atoms with Gasteiger partial charge < -0.3 is 20.5 Å². The minimum Gasteiger partial charge on any atom is -0.465 e. The van der Waals surface area contributed by atoms with Crippen molar-refractivity contribution in [1.82, 2.24) is 9.97 Å². The molecule has 1 aromatic carbocycles. The predicted octanol–water partition coefficient (Wildman–Crippen LogP) is 4.94. The molecular weight excluding hydrogens is 664 g/mol. The number of amides is 2. The van der Waals surface area contributed by atoms with Gasteiger partial charge in [0.2, 0.25) is 0 Å². The molecule has 12 heteroatoms. The summed E-state index contributed by atoms with van der Waals surface area (Å²) in [4.78, 5) is 46.8. The lowest BCUT2D eigenvalue weighted by molar-refractivity contribution is 0.0600. The second-order valence-corrected chi connectivity index (χ2v) is 9.12. The molecule has 36 heavy (non-hydrogen) atoms. The zero-order valence-corrected chi connectivity index (χ0v) is 23.7. The van der Waals surface area contributed by atoms with Crippen LogP contribution in [0.5, 0.6) is 0 Å². The number of halogens is 3. The molecule has 9 nitrogen and oxygen atoms in total. The third kappa shape index (κ3) is 7.19. The minimum atomic E-state index is -0.637. The number of esters is 1. The highest BCUT2D eigenvalue weighted by atomic mass is 79.9. The Labute approximate surface area is 232 Å². The standard InChI is InChI=1S/C24H21Br3N4O5/c1-36-24(35)15-6-16(30-22(33)13-2-18(9-25)28-19(3-13)10-26)8-17(7-15)31-23(34)14-4-20(11-27)29-21(5-14)12-32/h2-8,32H,9-12H2,1H3,(H,30,33)(H,31,34). The van der Waals surface area contributed by atoms with Crippen molar-refractivity contribution in [2.24, 2.45) is 0 Å². The zero-order chi connectivity index (χ0) is 26.2. The number of pyridine rings is 2. The van der Waals surface area contributed by atoms with E-state index in [2.05, 4.69) is 68.4 Å². The average molecular weight is 685 g/mol. The van der Waals surface area contributed by atoms with Gasteiger partial charge in [0.1, 0.15) is 0 Å². The molecular formula is C24H21Br3N4O5. The quantitative estimate of drug-likeness (QED) is 0.215. The Morgan fingerprint density at radius 1 is 0.722 bits per heavy atom. The molecule has 0 aliphatic carbocycles. The Morgan fingerprint density at radius 2 is 1.14 bits per heavy atom. The van der Waals surface area contributed by atoms with Gasteiger partial charge in [0, 0.05) is 38.5 Å². The van der Waals surface area contributed by atoms with E-state index in [4.69, 9.17) is 4.74 Å². The van der Waals surface area contributed by atoms with Gasteiger partial charge in [-0.3, -0.25) is 19.6 Å². The van der Waals surface area contributed by atoms with Crippen molar-refractivity contribution in [3.63, 3.8) is 0 Å². The number of aromatic nitrogens is 2. The summed E-state index contributed by atoms with van der Waals surface area (Å²) >= 11 is 10.0. The fourth-order valence-electron chi connectivity index (χ4n) is 3.26. The number of hydrogen-bond donors (Lipinski definition) is 3. The molecule has 0 saturated heterocycles. The van der Waals surface area contributed by atoms with Gasteiger partial charge in [0.05, 0.1) is 42.1 Å². The van der Waals surface area contributed by atoms with Gasteiger partial charge in [-0.15, -0.1) is 0 Å². The second kappa shape index (κ2) is 13.0. The molecule has 0 saturated carbocycles. The van der Waals surface area contributed by atoms with Crippen molar-refractivity contribution in [2.75, 3.05) is 17.7 Å². The number of hydrogen-bond acceptors (Lipinski definition) is 7. The molecule has 188 valence electrons. The molecule has 0 unspecified atom stereocenters. The molecule has 2 amide bonds. The Hall–Kier alpha value is -2.67. The summed E-state index contributed by atoms with van der Waals surface area (Å²) in [6, 6.07) is 10.8. The van der Waals surface area contributed by atoms with Crippen molar-refractivity contribution < 1.29 is 24.2 Å². The maximum atomic E-state index is 13.0. The third-order valence-corrected chi connectivity index (χ3v) is 6.55. The maximum Gasteiger partial charge on any atom is 0.337 e. The molecule has 0 spiro atoms. The van der Waals surface area contributed by atoms with Crippen molar-refractivity contribution in [3.8, 4) is 0 Å². The number of aliphatic hydroxyl groups is 1. The van der Waals surface area contributed by atoms with Crippen LogP contribution in [0.2, 0.25) is 0 Å². The number of nitrogens with one attached hydrogen (secondary N) is 2. The van der Waals surface area contributed by atoms with Gasteiger partial charge in [-0.2, -0.15) is 0 Å². The van der Waals surface area contributed by atoms with E-state index in [1.165, 1.54) is 31.4 Å². The average Bonchev–Trinajstić information content (AvgIpc) is 2.91. The molecule has 2 aromatic heterocycles. The summed E-state index contributed by atoms with van der Waals surface area (Å²) in [5.41, 5.74) is 3.64. The van der Waals surface area contributed by atoms with E-state index in [1.807, 2.05) is 0 Å². The lowest BCUT2D eigenvalue weighted by Crippen LogP contribution is -2.16. The van der Waals surface area contributed by atoms with Gasteiger partial charge in [-0.25, -0.2) is 4.79 Å². The number of rotatable bonds is 9. The van der Waals surface area contributed by atoms with Crippen LogP contribution in [0.3, 0.4) is 0 Å². The normalized spacial score (nSPS) is 10.6.